The normalized spacial score (nSPS) is 15.6. The van der Waals surface area contributed by atoms with E-state index in [2.05, 4.69) is 48.2 Å². The topological polar surface area (TPSA) is 53.4 Å². The van der Waals surface area contributed by atoms with Crippen LogP contribution in [-0.4, -0.2) is 34.0 Å². The first-order chi connectivity index (χ1) is 14.6. The number of para-hydroxylation sites is 1. The first kappa shape index (κ1) is 18.5. The number of aromatic nitrogens is 1. The van der Waals surface area contributed by atoms with Crippen molar-refractivity contribution in [3.63, 3.8) is 0 Å². The van der Waals surface area contributed by atoms with E-state index in [1.807, 2.05) is 36.4 Å². The van der Waals surface area contributed by atoms with E-state index in [1.165, 1.54) is 10.8 Å². The molecule has 30 heavy (non-hydrogen) atoms. The van der Waals surface area contributed by atoms with Crippen molar-refractivity contribution in [2.45, 2.75) is 13.5 Å². The van der Waals surface area contributed by atoms with Crippen molar-refractivity contribution in [1.29, 1.82) is 0 Å². The van der Waals surface area contributed by atoms with E-state index >= 15 is 0 Å². The van der Waals surface area contributed by atoms with Crippen molar-refractivity contribution in [2.24, 2.45) is 0 Å². The van der Waals surface area contributed by atoms with Crippen LogP contribution in [0.5, 0.6) is 0 Å². The van der Waals surface area contributed by atoms with Gasteiger partial charge in [-0.15, -0.1) is 0 Å². The summed E-state index contributed by atoms with van der Waals surface area (Å²) in [6, 6.07) is 22.2. The standard InChI is InChI=1S/C26H22N2O2/c1-2-28-15-20(14-17-11-12-18-7-3-4-8-19(18)13-17)25-22(16-28)24(26(29)30)21-9-5-6-10-23(21)27-25/h3-14H,2,15-16H2,1H3,(H,29,30). The summed E-state index contributed by atoms with van der Waals surface area (Å²) < 4.78 is 0. The molecule has 0 fully saturated rings. The number of benzene rings is 3. The summed E-state index contributed by atoms with van der Waals surface area (Å²) in [4.78, 5) is 19.4. The molecule has 1 aliphatic rings. The molecule has 0 spiro atoms. The summed E-state index contributed by atoms with van der Waals surface area (Å²) in [7, 11) is 0. The lowest BCUT2D eigenvalue weighted by Crippen LogP contribution is -2.31. The third-order valence-corrected chi connectivity index (χ3v) is 5.85. The molecule has 4 aromatic rings. The SMILES string of the molecule is CCN1CC(=Cc2ccc3ccccc3c2)c2nc3ccccc3c(C(=O)O)c2C1. The first-order valence-corrected chi connectivity index (χ1v) is 10.2. The molecule has 2 heterocycles. The summed E-state index contributed by atoms with van der Waals surface area (Å²) in [6.45, 7) is 4.30. The molecule has 1 aliphatic heterocycles. The molecule has 0 saturated carbocycles. The van der Waals surface area contributed by atoms with Crippen LogP contribution in [0.2, 0.25) is 0 Å². The van der Waals surface area contributed by atoms with Crippen LogP contribution >= 0.6 is 0 Å². The summed E-state index contributed by atoms with van der Waals surface area (Å²) >= 11 is 0. The Balaban J connectivity index is 1.74. The maximum atomic E-state index is 12.2. The van der Waals surface area contributed by atoms with E-state index in [1.54, 1.807) is 0 Å². The minimum Gasteiger partial charge on any atom is -0.478 e. The lowest BCUT2D eigenvalue weighted by molar-refractivity contribution is 0.0696. The summed E-state index contributed by atoms with van der Waals surface area (Å²) in [5.74, 6) is -0.896. The van der Waals surface area contributed by atoms with Gasteiger partial charge in [-0.05, 0) is 46.7 Å². The smallest absolute Gasteiger partial charge is 0.336 e. The first-order valence-electron chi connectivity index (χ1n) is 10.2. The molecule has 3 aromatic carbocycles. The molecule has 0 aliphatic carbocycles. The van der Waals surface area contributed by atoms with Gasteiger partial charge in [0, 0.05) is 24.0 Å². The Labute approximate surface area is 175 Å². The molecule has 1 N–H and O–H groups in total. The van der Waals surface area contributed by atoms with Gasteiger partial charge in [-0.1, -0.05) is 61.5 Å². The van der Waals surface area contributed by atoms with Crippen molar-refractivity contribution in [3.8, 4) is 0 Å². The number of carbonyl (C=O) groups is 1. The Morgan fingerprint density at radius 3 is 2.60 bits per heavy atom. The number of fused-ring (bicyclic) bond motifs is 3. The molecule has 4 nitrogen and oxygen atoms in total. The molecule has 0 atom stereocenters. The fourth-order valence-corrected chi connectivity index (χ4v) is 4.35. The second kappa shape index (κ2) is 7.39. The quantitative estimate of drug-likeness (QED) is 0.501. The van der Waals surface area contributed by atoms with Gasteiger partial charge in [-0.25, -0.2) is 9.78 Å². The molecular weight excluding hydrogens is 372 g/mol. The summed E-state index contributed by atoms with van der Waals surface area (Å²) in [5, 5.41) is 13.1. The largest absolute Gasteiger partial charge is 0.478 e. The van der Waals surface area contributed by atoms with E-state index in [0.29, 0.717) is 17.5 Å². The van der Waals surface area contributed by atoms with E-state index in [9.17, 15) is 9.90 Å². The maximum Gasteiger partial charge on any atom is 0.336 e. The van der Waals surface area contributed by atoms with Crippen molar-refractivity contribution >= 4 is 39.3 Å². The van der Waals surface area contributed by atoms with Crippen molar-refractivity contribution in [2.75, 3.05) is 13.1 Å². The predicted octanol–water partition coefficient (Wildman–Crippen LogP) is 5.46. The van der Waals surface area contributed by atoms with E-state index in [0.717, 1.165) is 41.0 Å². The lowest BCUT2D eigenvalue weighted by atomic mass is 9.92. The number of carboxylic acids is 1. The lowest BCUT2D eigenvalue weighted by Gasteiger charge is -2.30. The average molecular weight is 394 g/mol. The molecule has 1 aromatic heterocycles. The highest BCUT2D eigenvalue weighted by atomic mass is 16.4. The van der Waals surface area contributed by atoms with E-state index in [-0.39, 0.29) is 0 Å². The highest BCUT2D eigenvalue weighted by Gasteiger charge is 2.27. The molecular formula is C26H22N2O2. The summed E-state index contributed by atoms with van der Waals surface area (Å²) in [5.41, 5.74) is 4.87. The zero-order valence-electron chi connectivity index (χ0n) is 16.8. The Morgan fingerprint density at radius 1 is 1.03 bits per heavy atom. The molecule has 4 heteroatoms. The van der Waals surface area contributed by atoms with Crippen LogP contribution in [0, 0.1) is 0 Å². The molecule has 5 rings (SSSR count). The Morgan fingerprint density at radius 2 is 1.80 bits per heavy atom. The van der Waals surface area contributed by atoms with Gasteiger partial charge in [-0.3, -0.25) is 4.90 Å². The van der Waals surface area contributed by atoms with Gasteiger partial charge in [0.25, 0.3) is 0 Å². The zero-order valence-corrected chi connectivity index (χ0v) is 16.8. The second-order valence-corrected chi connectivity index (χ2v) is 7.72. The molecule has 0 radical (unpaired) electrons. The highest BCUT2D eigenvalue weighted by Crippen LogP contribution is 2.34. The third kappa shape index (κ3) is 3.15. The fraction of sp³-hybridized carbons (Fsp3) is 0.154. The predicted molar refractivity (Wildman–Crippen MR) is 121 cm³/mol. The zero-order chi connectivity index (χ0) is 20.7. The highest BCUT2D eigenvalue weighted by molar-refractivity contribution is 6.06. The fourth-order valence-electron chi connectivity index (χ4n) is 4.35. The van der Waals surface area contributed by atoms with Crippen LogP contribution in [0.4, 0.5) is 0 Å². The van der Waals surface area contributed by atoms with Crippen LogP contribution in [0.25, 0.3) is 33.3 Å². The minimum atomic E-state index is -0.896. The third-order valence-electron chi connectivity index (χ3n) is 5.85. The van der Waals surface area contributed by atoms with Crippen molar-refractivity contribution in [3.05, 3.63) is 89.1 Å². The second-order valence-electron chi connectivity index (χ2n) is 7.72. The number of nitrogens with zero attached hydrogens (tertiary/aromatic N) is 2. The van der Waals surface area contributed by atoms with E-state index < -0.39 is 5.97 Å². The van der Waals surface area contributed by atoms with Crippen LogP contribution in [0.3, 0.4) is 0 Å². The van der Waals surface area contributed by atoms with Gasteiger partial charge in [0.2, 0.25) is 0 Å². The molecule has 0 bridgehead atoms. The van der Waals surface area contributed by atoms with Crippen LogP contribution in [0.15, 0.2) is 66.7 Å². The van der Waals surface area contributed by atoms with Gasteiger partial charge in [0.1, 0.15) is 0 Å². The Hall–Kier alpha value is -3.50. The number of pyridine rings is 1. The van der Waals surface area contributed by atoms with Crippen molar-refractivity contribution in [1.82, 2.24) is 9.88 Å². The molecule has 148 valence electrons. The Kier molecular flexibility index (Phi) is 4.57. The maximum absolute atomic E-state index is 12.2. The molecule has 0 saturated heterocycles. The van der Waals surface area contributed by atoms with Gasteiger partial charge < -0.3 is 5.11 Å². The number of hydrogen-bond acceptors (Lipinski definition) is 3. The summed E-state index contributed by atoms with van der Waals surface area (Å²) in [6.07, 6.45) is 2.15. The molecule has 0 unspecified atom stereocenters. The van der Waals surface area contributed by atoms with Crippen LogP contribution in [-0.2, 0) is 6.54 Å². The minimum absolute atomic E-state index is 0.373. The van der Waals surface area contributed by atoms with E-state index in [4.69, 9.17) is 4.98 Å². The number of rotatable bonds is 3. The van der Waals surface area contributed by atoms with Gasteiger partial charge >= 0.3 is 5.97 Å². The number of hydrogen-bond donors (Lipinski definition) is 1. The van der Waals surface area contributed by atoms with Crippen molar-refractivity contribution < 1.29 is 9.90 Å². The number of carboxylic acid groups (broad SMARTS) is 1. The monoisotopic (exact) mass is 394 g/mol. The van der Waals surface area contributed by atoms with Gasteiger partial charge in [-0.2, -0.15) is 0 Å². The van der Waals surface area contributed by atoms with Gasteiger partial charge in [0.05, 0.1) is 16.8 Å². The Bertz CT molecular complexity index is 1320. The number of likely N-dealkylation sites (N-methyl/N-ethyl adjacent to an activating group) is 1. The van der Waals surface area contributed by atoms with Crippen LogP contribution < -0.4 is 0 Å². The average Bonchev–Trinajstić information content (AvgIpc) is 2.77. The molecule has 0 amide bonds. The van der Waals surface area contributed by atoms with Crippen LogP contribution in [0.1, 0.15) is 34.1 Å². The number of aromatic carboxylic acids is 1. The van der Waals surface area contributed by atoms with Gasteiger partial charge in [0.15, 0.2) is 0 Å².